The Hall–Kier alpha value is -2.55. The number of benzene rings is 1. The molecule has 0 fully saturated rings. The molecule has 6 heteroatoms. The average molecular weight is 316 g/mol. The lowest BCUT2D eigenvalue weighted by molar-refractivity contribution is -0.140. The van der Waals surface area contributed by atoms with Crippen molar-refractivity contribution in [2.24, 2.45) is 0 Å². The van der Waals surface area contributed by atoms with Crippen molar-refractivity contribution in [3.8, 4) is 11.8 Å². The molecule has 0 aromatic heterocycles. The molecule has 1 aromatic carbocycles. The molecular weight excluding hydrogens is 296 g/mol. The molecule has 1 aliphatic rings. The van der Waals surface area contributed by atoms with Gasteiger partial charge in [-0.15, -0.1) is 0 Å². The van der Waals surface area contributed by atoms with Gasteiger partial charge in [-0.05, 0) is 31.0 Å². The van der Waals surface area contributed by atoms with Crippen molar-refractivity contribution in [2.75, 3.05) is 20.8 Å². The number of hydrogen-bond donors (Lipinski definition) is 0. The topological polar surface area (TPSA) is 79.6 Å². The molecule has 0 N–H and O–H groups in total. The summed E-state index contributed by atoms with van der Waals surface area (Å²) in [5.74, 6) is 0.288. The molecule has 0 spiro atoms. The number of carbonyl (C=O) groups is 2. The Morgan fingerprint density at radius 3 is 2.74 bits per heavy atom. The molecule has 1 aromatic rings. The smallest absolute Gasteiger partial charge is 0.305 e. The first-order valence-corrected chi connectivity index (χ1v) is 7.57. The van der Waals surface area contributed by atoms with Crippen molar-refractivity contribution in [3.05, 3.63) is 29.3 Å². The molecule has 1 aliphatic heterocycles. The molecule has 0 bridgehead atoms. The normalized spacial score (nSPS) is 16.0. The maximum absolute atomic E-state index is 12.4. The summed E-state index contributed by atoms with van der Waals surface area (Å²) in [4.78, 5) is 25.1. The van der Waals surface area contributed by atoms with Crippen LogP contribution in [0.2, 0.25) is 0 Å². The van der Waals surface area contributed by atoms with Gasteiger partial charge in [-0.25, -0.2) is 0 Å². The van der Waals surface area contributed by atoms with E-state index >= 15 is 0 Å². The van der Waals surface area contributed by atoms with Crippen LogP contribution in [0.15, 0.2) is 18.2 Å². The van der Waals surface area contributed by atoms with E-state index in [0.29, 0.717) is 36.3 Å². The Morgan fingerprint density at radius 1 is 1.30 bits per heavy atom. The highest BCUT2D eigenvalue weighted by Crippen LogP contribution is 2.35. The first-order chi connectivity index (χ1) is 11.1. The molecule has 0 saturated carbocycles. The summed E-state index contributed by atoms with van der Waals surface area (Å²) < 4.78 is 9.75. The van der Waals surface area contributed by atoms with Crippen molar-refractivity contribution in [2.45, 2.75) is 31.7 Å². The third-order valence-corrected chi connectivity index (χ3v) is 3.99. The van der Waals surface area contributed by atoms with E-state index in [1.165, 1.54) is 7.11 Å². The van der Waals surface area contributed by atoms with Gasteiger partial charge in [-0.2, -0.15) is 5.26 Å². The largest absolute Gasteiger partial charge is 0.497 e. The van der Waals surface area contributed by atoms with E-state index in [-0.39, 0.29) is 11.9 Å². The van der Waals surface area contributed by atoms with E-state index in [2.05, 4.69) is 10.8 Å². The van der Waals surface area contributed by atoms with Crippen LogP contribution in [0.5, 0.6) is 5.75 Å². The second kappa shape index (κ2) is 7.63. The Bertz CT molecular complexity index is 636. The number of carbonyl (C=O) groups excluding carboxylic acids is 2. The van der Waals surface area contributed by atoms with Gasteiger partial charge < -0.3 is 14.4 Å². The van der Waals surface area contributed by atoms with Gasteiger partial charge in [0.05, 0.1) is 20.3 Å². The minimum Gasteiger partial charge on any atom is -0.497 e. The van der Waals surface area contributed by atoms with E-state index in [4.69, 9.17) is 4.74 Å². The minimum absolute atomic E-state index is 0.123. The highest BCUT2D eigenvalue weighted by atomic mass is 16.5. The maximum atomic E-state index is 12.4. The number of rotatable bonds is 7. The van der Waals surface area contributed by atoms with Gasteiger partial charge in [0.1, 0.15) is 11.8 Å². The Kier molecular flexibility index (Phi) is 5.58. The summed E-state index contributed by atoms with van der Waals surface area (Å²) in [6.45, 7) is 0.495. The number of esters is 1. The lowest BCUT2D eigenvalue weighted by Crippen LogP contribution is -2.28. The average Bonchev–Trinajstić information content (AvgIpc) is 2.85. The molecule has 1 amide bonds. The van der Waals surface area contributed by atoms with Crippen LogP contribution in [0, 0.1) is 11.3 Å². The predicted molar refractivity (Wildman–Crippen MR) is 82.9 cm³/mol. The number of fused-ring (bicyclic) bond motifs is 1. The van der Waals surface area contributed by atoms with Gasteiger partial charge in [-0.1, -0.05) is 6.42 Å². The second-order valence-corrected chi connectivity index (χ2v) is 5.37. The van der Waals surface area contributed by atoms with Gasteiger partial charge in [0.15, 0.2) is 0 Å². The fraction of sp³-hybridized carbons (Fsp3) is 0.471. The third kappa shape index (κ3) is 3.62. The quantitative estimate of drug-likeness (QED) is 0.570. The first kappa shape index (κ1) is 16.8. The SMILES string of the molecule is COC(=O)CCCCCN1C(=O)c2ccc(OC)cc2C1C#N. The van der Waals surface area contributed by atoms with Gasteiger partial charge in [0.25, 0.3) is 5.91 Å². The molecule has 0 saturated heterocycles. The summed E-state index contributed by atoms with van der Waals surface area (Å²) in [5.41, 5.74) is 1.26. The molecule has 1 heterocycles. The maximum Gasteiger partial charge on any atom is 0.305 e. The van der Waals surface area contributed by atoms with E-state index < -0.39 is 6.04 Å². The van der Waals surface area contributed by atoms with Gasteiger partial charge in [-0.3, -0.25) is 9.59 Å². The second-order valence-electron chi connectivity index (χ2n) is 5.37. The summed E-state index contributed by atoms with van der Waals surface area (Å²) in [7, 11) is 2.92. The molecule has 6 nitrogen and oxygen atoms in total. The summed E-state index contributed by atoms with van der Waals surface area (Å²) in [5, 5.41) is 9.43. The lowest BCUT2D eigenvalue weighted by atomic mass is 10.1. The van der Waals surface area contributed by atoms with Crippen molar-refractivity contribution in [3.63, 3.8) is 0 Å². The first-order valence-electron chi connectivity index (χ1n) is 7.57. The minimum atomic E-state index is -0.576. The van der Waals surface area contributed by atoms with Crippen LogP contribution in [-0.2, 0) is 9.53 Å². The van der Waals surface area contributed by atoms with Crippen molar-refractivity contribution < 1.29 is 19.1 Å². The van der Waals surface area contributed by atoms with Crippen LogP contribution < -0.4 is 4.74 Å². The zero-order valence-corrected chi connectivity index (χ0v) is 13.4. The predicted octanol–water partition coefficient (Wildman–Crippen LogP) is 2.45. The molecule has 2 rings (SSSR count). The molecule has 0 aliphatic carbocycles. The summed E-state index contributed by atoms with van der Waals surface area (Å²) in [6.07, 6.45) is 2.64. The molecule has 122 valence electrons. The zero-order chi connectivity index (χ0) is 16.8. The van der Waals surface area contributed by atoms with Crippen LogP contribution in [-0.4, -0.2) is 37.5 Å². The monoisotopic (exact) mass is 316 g/mol. The number of nitriles is 1. The lowest BCUT2D eigenvalue weighted by Gasteiger charge is -2.19. The van der Waals surface area contributed by atoms with E-state index in [1.807, 2.05) is 0 Å². The van der Waals surface area contributed by atoms with Crippen molar-refractivity contribution in [1.29, 1.82) is 5.26 Å². The number of amides is 1. The van der Waals surface area contributed by atoms with Crippen LogP contribution >= 0.6 is 0 Å². The standard InChI is InChI=1S/C17H20N2O4/c1-22-12-7-8-13-14(10-12)15(11-18)19(17(13)21)9-5-3-4-6-16(20)23-2/h7-8,10,15H,3-6,9H2,1-2H3. The van der Waals surface area contributed by atoms with Crippen LogP contribution in [0.3, 0.4) is 0 Å². The number of methoxy groups -OCH3 is 2. The van der Waals surface area contributed by atoms with Crippen LogP contribution in [0.25, 0.3) is 0 Å². The Balaban J connectivity index is 1.97. The van der Waals surface area contributed by atoms with Crippen molar-refractivity contribution in [1.82, 2.24) is 4.90 Å². The summed E-state index contributed by atoms with van der Waals surface area (Å²) in [6, 6.07) is 6.80. The number of hydrogen-bond acceptors (Lipinski definition) is 5. The van der Waals surface area contributed by atoms with Crippen LogP contribution in [0.4, 0.5) is 0 Å². The van der Waals surface area contributed by atoms with E-state index in [9.17, 15) is 14.9 Å². The fourth-order valence-corrected chi connectivity index (χ4v) is 2.73. The molecule has 1 unspecified atom stereocenters. The number of nitrogens with zero attached hydrogens (tertiary/aromatic N) is 2. The Morgan fingerprint density at radius 2 is 2.09 bits per heavy atom. The third-order valence-electron chi connectivity index (χ3n) is 3.99. The fourth-order valence-electron chi connectivity index (χ4n) is 2.73. The van der Waals surface area contributed by atoms with Gasteiger partial charge >= 0.3 is 5.97 Å². The molecule has 1 atom stereocenters. The van der Waals surface area contributed by atoms with E-state index in [1.54, 1.807) is 30.2 Å². The van der Waals surface area contributed by atoms with Crippen molar-refractivity contribution >= 4 is 11.9 Å². The van der Waals surface area contributed by atoms with Crippen LogP contribution in [0.1, 0.15) is 47.6 Å². The zero-order valence-electron chi connectivity index (χ0n) is 13.4. The van der Waals surface area contributed by atoms with Gasteiger partial charge in [0, 0.05) is 24.1 Å². The highest BCUT2D eigenvalue weighted by Gasteiger charge is 2.36. The van der Waals surface area contributed by atoms with Gasteiger partial charge in [0.2, 0.25) is 0 Å². The Labute approximate surface area is 135 Å². The highest BCUT2D eigenvalue weighted by molar-refractivity contribution is 5.99. The number of ether oxygens (including phenoxy) is 2. The molecule has 23 heavy (non-hydrogen) atoms. The summed E-state index contributed by atoms with van der Waals surface area (Å²) >= 11 is 0. The molecular formula is C17H20N2O4. The van der Waals surface area contributed by atoms with E-state index in [0.717, 1.165) is 12.8 Å². The molecule has 0 radical (unpaired) electrons. The number of unbranched alkanes of at least 4 members (excludes halogenated alkanes) is 2.